The van der Waals surface area contributed by atoms with Crippen LogP contribution in [-0.4, -0.2) is 55.4 Å². The molecule has 104 valence electrons. The van der Waals surface area contributed by atoms with Crippen LogP contribution in [-0.2, 0) is 4.74 Å². The zero-order chi connectivity index (χ0) is 13.5. The number of oxime groups is 1. The number of benzene rings is 1. The fraction of sp³-hybridized carbons (Fsp3) is 0.462. The molecule has 1 aromatic carbocycles. The number of rotatable bonds is 5. The highest BCUT2D eigenvalue weighted by atomic mass is 16.5. The second-order valence-electron chi connectivity index (χ2n) is 4.32. The maximum absolute atomic E-state index is 8.63. The van der Waals surface area contributed by atoms with Crippen molar-refractivity contribution < 1.29 is 14.7 Å². The molecule has 3 N–H and O–H groups in total. The Kier molecular flexibility index (Phi) is 5.00. The van der Waals surface area contributed by atoms with Crippen LogP contribution < -0.4 is 10.5 Å². The summed E-state index contributed by atoms with van der Waals surface area (Å²) in [5, 5.41) is 11.6. The minimum Gasteiger partial charge on any atom is -0.492 e. The average molecular weight is 265 g/mol. The Balaban J connectivity index is 1.82. The van der Waals surface area contributed by atoms with E-state index in [9.17, 15) is 0 Å². The van der Waals surface area contributed by atoms with Gasteiger partial charge in [-0.3, -0.25) is 4.90 Å². The van der Waals surface area contributed by atoms with E-state index in [2.05, 4.69) is 10.1 Å². The normalized spacial score (nSPS) is 17.4. The van der Waals surface area contributed by atoms with Crippen molar-refractivity contribution in [3.8, 4) is 5.75 Å². The Morgan fingerprint density at radius 1 is 1.42 bits per heavy atom. The maximum Gasteiger partial charge on any atom is 0.170 e. The lowest BCUT2D eigenvalue weighted by atomic mass is 10.2. The van der Waals surface area contributed by atoms with Gasteiger partial charge in [-0.05, 0) is 12.1 Å². The van der Waals surface area contributed by atoms with Gasteiger partial charge in [-0.2, -0.15) is 0 Å². The Bertz CT molecular complexity index is 431. The van der Waals surface area contributed by atoms with E-state index in [1.165, 1.54) is 0 Å². The minimum atomic E-state index is 0.0821. The zero-order valence-corrected chi connectivity index (χ0v) is 10.8. The van der Waals surface area contributed by atoms with Gasteiger partial charge >= 0.3 is 0 Å². The molecule has 0 aromatic heterocycles. The van der Waals surface area contributed by atoms with Gasteiger partial charge in [0.25, 0.3) is 0 Å². The molecule has 0 saturated carbocycles. The molecule has 1 aliphatic rings. The van der Waals surface area contributed by atoms with E-state index in [0.29, 0.717) is 12.2 Å². The number of hydrogen-bond acceptors (Lipinski definition) is 5. The van der Waals surface area contributed by atoms with Crippen molar-refractivity contribution in [3.63, 3.8) is 0 Å². The fourth-order valence-corrected chi connectivity index (χ4v) is 1.92. The number of morpholine rings is 1. The molecule has 6 nitrogen and oxygen atoms in total. The molecule has 1 heterocycles. The second kappa shape index (κ2) is 6.96. The van der Waals surface area contributed by atoms with E-state index in [1.807, 2.05) is 12.1 Å². The van der Waals surface area contributed by atoms with Crippen LogP contribution >= 0.6 is 0 Å². The SMILES string of the molecule is N/C(=N\O)c1cccc(OCCN2CCOCC2)c1. The van der Waals surface area contributed by atoms with Crippen LogP contribution in [0.3, 0.4) is 0 Å². The first kappa shape index (κ1) is 13.6. The third-order valence-corrected chi connectivity index (χ3v) is 3.02. The molecule has 0 radical (unpaired) electrons. The predicted molar refractivity (Wildman–Crippen MR) is 71.7 cm³/mol. The van der Waals surface area contributed by atoms with Gasteiger partial charge in [0.05, 0.1) is 13.2 Å². The van der Waals surface area contributed by atoms with E-state index in [-0.39, 0.29) is 5.84 Å². The highest BCUT2D eigenvalue weighted by molar-refractivity contribution is 5.97. The van der Waals surface area contributed by atoms with Crippen molar-refractivity contribution in [1.29, 1.82) is 0 Å². The van der Waals surface area contributed by atoms with Gasteiger partial charge in [0.1, 0.15) is 12.4 Å². The Morgan fingerprint density at radius 2 is 2.21 bits per heavy atom. The first-order chi connectivity index (χ1) is 9.29. The molecule has 0 amide bonds. The van der Waals surface area contributed by atoms with Crippen LogP contribution in [0.15, 0.2) is 29.4 Å². The van der Waals surface area contributed by atoms with Gasteiger partial charge < -0.3 is 20.4 Å². The second-order valence-corrected chi connectivity index (χ2v) is 4.32. The number of ether oxygens (including phenoxy) is 2. The van der Waals surface area contributed by atoms with Crippen molar-refractivity contribution in [3.05, 3.63) is 29.8 Å². The number of nitrogens with zero attached hydrogens (tertiary/aromatic N) is 2. The summed E-state index contributed by atoms with van der Waals surface area (Å²) in [6.07, 6.45) is 0. The third-order valence-electron chi connectivity index (χ3n) is 3.02. The summed E-state index contributed by atoms with van der Waals surface area (Å²) in [6, 6.07) is 7.20. The molecule has 1 aliphatic heterocycles. The number of hydrogen-bond donors (Lipinski definition) is 2. The topological polar surface area (TPSA) is 80.3 Å². The van der Waals surface area contributed by atoms with E-state index >= 15 is 0 Å². The molecular weight excluding hydrogens is 246 g/mol. The molecule has 0 aliphatic carbocycles. The largest absolute Gasteiger partial charge is 0.492 e. The molecule has 0 atom stereocenters. The minimum absolute atomic E-state index is 0.0821. The lowest BCUT2D eigenvalue weighted by Crippen LogP contribution is -2.38. The highest BCUT2D eigenvalue weighted by Crippen LogP contribution is 2.13. The molecule has 0 spiro atoms. The first-order valence-corrected chi connectivity index (χ1v) is 6.30. The first-order valence-electron chi connectivity index (χ1n) is 6.30. The van der Waals surface area contributed by atoms with E-state index in [4.69, 9.17) is 20.4 Å². The van der Waals surface area contributed by atoms with E-state index < -0.39 is 0 Å². The predicted octanol–water partition coefficient (Wildman–Crippen LogP) is 0.492. The van der Waals surface area contributed by atoms with E-state index in [1.54, 1.807) is 12.1 Å². The number of amidine groups is 1. The van der Waals surface area contributed by atoms with Crippen LogP contribution in [0, 0.1) is 0 Å². The van der Waals surface area contributed by atoms with Crippen molar-refractivity contribution in [2.75, 3.05) is 39.5 Å². The summed E-state index contributed by atoms with van der Waals surface area (Å²) in [5.41, 5.74) is 6.18. The lowest BCUT2D eigenvalue weighted by molar-refractivity contribution is 0.0322. The smallest absolute Gasteiger partial charge is 0.170 e. The molecule has 0 unspecified atom stereocenters. The maximum atomic E-state index is 8.63. The molecule has 2 rings (SSSR count). The standard InChI is InChI=1S/C13H19N3O3/c14-13(15-17)11-2-1-3-12(10-11)19-9-6-16-4-7-18-8-5-16/h1-3,10,17H,4-9H2,(H2,14,15). The van der Waals surface area contributed by atoms with Crippen LogP contribution in [0.5, 0.6) is 5.75 Å². The fourth-order valence-electron chi connectivity index (χ4n) is 1.92. The summed E-state index contributed by atoms with van der Waals surface area (Å²) >= 11 is 0. The van der Waals surface area contributed by atoms with Crippen molar-refractivity contribution in [1.82, 2.24) is 4.90 Å². The summed E-state index contributed by atoms with van der Waals surface area (Å²) in [6.45, 7) is 4.97. The van der Waals surface area contributed by atoms with Crippen LogP contribution in [0.25, 0.3) is 0 Å². The summed E-state index contributed by atoms with van der Waals surface area (Å²) in [4.78, 5) is 2.30. The van der Waals surface area contributed by atoms with Gasteiger partial charge in [-0.25, -0.2) is 0 Å². The van der Waals surface area contributed by atoms with Crippen molar-refractivity contribution in [2.24, 2.45) is 10.9 Å². The molecular formula is C13H19N3O3. The van der Waals surface area contributed by atoms with Crippen LogP contribution in [0.1, 0.15) is 5.56 Å². The third kappa shape index (κ3) is 4.11. The van der Waals surface area contributed by atoms with E-state index in [0.717, 1.165) is 38.6 Å². The molecule has 1 aromatic rings. The van der Waals surface area contributed by atoms with Gasteiger partial charge in [-0.15, -0.1) is 0 Å². The van der Waals surface area contributed by atoms with Gasteiger partial charge in [0.15, 0.2) is 5.84 Å². The number of nitrogens with two attached hydrogens (primary N) is 1. The Labute approximate surface area is 112 Å². The van der Waals surface area contributed by atoms with Crippen molar-refractivity contribution >= 4 is 5.84 Å². The molecule has 1 saturated heterocycles. The molecule has 1 fully saturated rings. The Morgan fingerprint density at radius 3 is 2.95 bits per heavy atom. The average Bonchev–Trinajstić information content (AvgIpc) is 2.48. The van der Waals surface area contributed by atoms with Crippen LogP contribution in [0.4, 0.5) is 0 Å². The van der Waals surface area contributed by atoms with Crippen LogP contribution in [0.2, 0.25) is 0 Å². The molecule has 6 heteroatoms. The van der Waals surface area contributed by atoms with Gasteiger partial charge in [0, 0.05) is 25.2 Å². The monoisotopic (exact) mass is 265 g/mol. The van der Waals surface area contributed by atoms with Gasteiger partial charge in [-0.1, -0.05) is 17.3 Å². The molecule has 0 bridgehead atoms. The lowest BCUT2D eigenvalue weighted by Gasteiger charge is -2.26. The molecule has 19 heavy (non-hydrogen) atoms. The Hall–Kier alpha value is -1.79. The zero-order valence-electron chi connectivity index (χ0n) is 10.8. The highest BCUT2D eigenvalue weighted by Gasteiger charge is 2.09. The summed E-state index contributed by atoms with van der Waals surface area (Å²) in [7, 11) is 0. The summed E-state index contributed by atoms with van der Waals surface area (Å²) < 4.78 is 11.0. The van der Waals surface area contributed by atoms with Crippen molar-refractivity contribution in [2.45, 2.75) is 0 Å². The quantitative estimate of drug-likeness (QED) is 0.350. The van der Waals surface area contributed by atoms with Gasteiger partial charge in [0.2, 0.25) is 0 Å². The summed E-state index contributed by atoms with van der Waals surface area (Å²) in [5.74, 6) is 0.802.